The molecule has 0 saturated carbocycles. The molecule has 1 aliphatic carbocycles. The predicted molar refractivity (Wildman–Crippen MR) is 95.1 cm³/mol. The van der Waals surface area contributed by atoms with E-state index in [1.807, 2.05) is 11.8 Å². The normalized spacial score (nSPS) is 16.3. The van der Waals surface area contributed by atoms with Crippen molar-refractivity contribution in [2.45, 2.75) is 36.5 Å². The number of hydrogen-bond acceptors (Lipinski definition) is 2. The van der Waals surface area contributed by atoms with E-state index in [9.17, 15) is 0 Å². The van der Waals surface area contributed by atoms with Gasteiger partial charge in [-0.05, 0) is 42.5 Å². The Kier molecular flexibility index (Phi) is 4.87. The van der Waals surface area contributed by atoms with E-state index < -0.39 is 0 Å². The first-order valence-electron chi connectivity index (χ1n) is 7.75. The van der Waals surface area contributed by atoms with Crippen molar-refractivity contribution in [1.29, 1.82) is 0 Å². The smallest absolute Gasteiger partial charge is 0.0578 e. The van der Waals surface area contributed by atoms with Gasteiger partial charge in [0.1, 0.15) is 0 Å². The molecule has 0 spiro atoms. The Hall–Kier alpha value is -1.69. The minimum absolute atomic E-state index is 0.422. The Morgan fingerprint density at radius 2 is 2.05 bits per heavy atom. The van der Waals surface area contributed by atoms with Crippen LogP contribution in [0.2, 0.25) is 0 Å². The quantitative estimate of drug-likeness (QED) is 0.645. The summed E-state index contributed by atoms with van der Waals surface area (Å²) in [5, 5.41) is 3.45. The van der Waals surface area contributed by atoms with Crippen LogP contribution in [0.1, 0.15) is 34.7 Å². The number of hydrogen-bond donors (Lipinski definition) is 1. The lowest BCUT2D eigenvalue weighted by atomic mass is 10.1. The zero-order chi connectivity index (χ0) is 15.4. The molecule has 1 atom stereocenters. The van der Waals surface area contributed by atoms with Crippen molar-refractivity contribution in [1.82, 2.24) is 5.32 Å². The maximum Gasteiger partial charge on any atom is 0.0578 e. The highest BCUT2D eigenvalue weighted by molar-refractivity contribution is 7.98. The van der Waals surface area contributed by atoms with Gasteiger partial charge >= 0.3 is 0 Å². The summed E-state index contributed by atoms with van der Waals surface area (Å²) in [6, 6.07) is 15.9. The Morgan fingerprint density at radius 3 is 2.82 bits per heavy atom. The molecule has 0 bridgehead atoms. The summed E-state index contributed by atoms with van der Waals surface area (Å²) >= 11 is 1.94. The van der Waals surface area contributed by atoms with Gasteiger partial charge in [0, 0.05) is 16.7 Å². The van der Waals surface area contributed by atoms with E-state index in [1.54, 1.807) is 0 Å². The number of rotatable bonds is 5. The minimum Gasteiger partial charge on any atom is -0.299 e. The van der Waals surface area contributed by atoms with Crippen molar-refractivity contribution < 1.29 is 0 Å². The predicted octanol–water partition coefficient (Wildman–Crippen LogP) is 4.50. The van der Waals surface area contributed by atoms with Crippen molar-refractivity contribution >= 4 is 11.8 Å². The summed E-state index contributed by atoms with van der Waals surface area (Å²) in [7, 11) is 0. The highest BCUT2D eigenvalue weighted by Gasteiger charge is 2.23. The number of thioether (sulfide) groups is 1. The SMILES string of the molecule is C#CCNC1CCc2c(SCc3ccc(C)cc3)cccc21. The van der Waals surface area contributed by atoms with E-state index in [-0.39, 0.29) is 0 Å². The fourth-order valence-corrected chi connectivity index (χ4v) is 4.08. The Morgan fingerprint density at radius 1 is 1.23 bits per heavy atom. The van der Waals surface area contributed by atoms with Gasteiger partial charge in [-0.1, -0.05) is 47.9 Å². The molecule has 1 nitrogen and oxygen atoms in total. The summed E-state index contributed by atoms with van der Waals surface area (Å²) in [5.41, 5.74) is 5.64. The van der Waals surface area contributed by atoms with Gasteiger partial charge in [0.05, 0.1) is 6.54 Å². The summed E-state index contributed by atoms with van der Waals surface area (Å²) in [6.45, 7) is 2.77. The van der Waals surface area contributed by atoms with Gasteiger partial charge in [0.2, 0.25) is 0 Å². The molecule has 3 rings (SSSR count). The van der Waals surface area contributed by atoms with Gasteiger partial charge in [-0.25, -0.2) is 0 Å². The van der Waals surface area contributed by atoms with Crippen molar-refractivity contribution in [3.05, 3.63) is 64.7 Å². The third-order valence-corrected chi connectivity index (χ3v) is 5.36. The second kappa shape index (κ2) is 7.05. The van der Waals surface area contributed by atoms with Gasteiger partial charge in [-0.3, -0.25) is 5.32 Å². The van der Waals surface area contributed by atoms with Gasteiger partial charge in [-0.15, -0.1) is 18.2 Å². The van der Waals surface area contributed by atoms with E-state index in [1.165, 1.54) is 27.1 Å². The highest BCUT2D eigenvalue weighted by atomic mass is 32.2. The molecule has 22 heavy (non-hydrogen) atoms. The summed E-state index contributed by atoms with van der Waals surface area (Å²) in [4.78, 5) is 1.42. The molecule has 0 heterocycles. The third kappa shape index (κ3) is 3.38. The molecule has 1 unspecified atom stereocenters. The molecule has 0 radical (unpaired) electrons. The standard InChI is InChI=1S/C20H21NS/c1-3-13-21-19-12-11-18-17(19)5-4-6-20(18)22-14-16-9-7-15(2)8-10-16/h1,4-10,19,21H,11-14H2,2H3. The molecule has 0 aromatic heterocycles. The fraction of sp³-hybridized carbons (Fsp3) is 0.300. The number of benzene rings is 2. The van der Waals surface area contributed by atoms with Crippen molar-refractivity contribution in [3.8, 4) is 12.3 Å². The first kappa shape index (κ1) is 15.2. The molecule has 0 fully saturated rings. The molecule has 2 heteroatoms. The third-order valence-electron chi connectivity index (χ3n) is 4.19. The van der Waals surface area contributed by atoms with Crippen LogP contribution >= 0.6 is 11.8 Å². The first-order chi connectivity index (χ1) is 10.8. The summed E-state index contributed by atoms with van der Waals surface area (Å²) < 4.78 is 0. The van der Waals surface area contributed by atoms with Gasteiger partial charge < -0.3 is 0 Å². The molecule has 1 N–H and O–H groups in total. The van der Waals surface area contributed by atoms with Crippen LogP contribution in [-0.2, 0) is 12.2 Å². The van der Waals surface area contributed by atoms with Crippen LogP contribution in [0, 0.1) is 19.3 Å². The van der Waals surface area contributed by atoms with E-state index in [0.29, 0.717) is 12.6 Å². The number of fused-ring (bicyclic) bond motifs is 1. The molecular formula is C20H21NS. The molecule has 0 amide bonds. The topological polar surface area (TPSA) is 12.0 Å². The minimum atomic E-state index is 0.422. The van der Waals surface area contributed by atoms with Crippen LogP contribution < -0.4 is 5.32 Å². The number of nitrogens with one attached hydrogen (secondary N) is 1. The monoisotopic (exact) mass is 307 g/mol. The average Bonchev–Trinajstić information content (AvgIpc) is 2.96. The summed E-state index contributed by atoms with van der Waals surface area (Å²) in [6.07, 6.45) is 7.66. The lowest BCUT2D eigenvalue weighted by molar-refractivity contribution is 0.568. The zero-order valence-electron chi connectivity index (χ0n) is 12.9. The van der Waals surface area contributed by atoms with Gasteiger partial charge in [-0.2, -0.15) is 0 Å². The van der Waals surface area contributed by atoms with E-state index in [0.717, 1.165) is 18.6 Å². The molecule has 112 valence electrons. The van der Waals surface area contributed by atoms with Gasteiger partial charge in [0.15, 0.2) is 0 Å². The molecule has 2 aromatic rings. The van der Waals surface area contributed by atoms with Crippen LogP contribution in [0.3, 0.4) is 0 Å². The Balaban J connectivity index is 1.72. The number of terminal acetylenes is 1. The number of aryl methyl sites for hydroxylation is 1. The van der Waals surface area contributed by atoms with Crippen molar-refractivity contribution in [2.75, 3.05) is 6.54 Å². The fourth-order valence-electron chi connectivity index (χ4n) is 3.00. The van der Waals surface area contributed by atoms with Crippen LogP contribution in [0.4, 0.5) is 0 Å². The van der Waals surface area contributed by atoms with Crippen LogP contribution in [0.15, 0.2) is 47.4 Å². The zero-order valence-corrected chi connectivity index (χ0v) is 13.7. The molecular weight excluding hydrogens is 286 g/mol. The van der Waals surface area contributed by atoms with E-state index in [2.05, 4.69) is 60.6 Å². The second-order valence-corrected chi connectivity index (χ2v) is 6.79. The Bertz CT molecular complexity index is 682. The maximum absolute atomic E-state index is 5.36. The average molecular weight is 307 g/mol. The second-order valence-electron chi connectivity index (χ2n) is 5.77. The van der Waals surface area contributed by atoms with E-state index in [4.69, 9.17) is 6.42 Å². The van der Waals surface area contributed by atoms with Crippen LogP contribution in [0.5, 0.6) is 0 Å². The Labute approximate surface area is 137 Å². The van der Waals surface area contributed by atoms with Crippen LogP contribution in [-0.4, -0.2) is 6.54 Å². The van der Waals surface area contributed by atoms with Crippen molar-refractivity contribution in [3.63, 3.8) is 0 Å². The molecule has 0 aliphatic heterocycles. The molecule has 1 aliphatic rings. The first-order valence-corrected chi connectivity index (χ1v) is 8.73. The van der Waals surface area contributed by atoms with Crippen LogP contribution in [0.25, 0.3) is 0 Å². The van der Waals surface area contributed by atoms with Crippen molar-refractivity contribution in [2.24, 2.45) is 0 Å². The largest absolute Gasteiger partial charge is 0.299 e. The summed E-state index contributed by atoms with van der Waals surface area (Å²) in [5.74, 6) is 3.70. The lowest BCUT2D eigenvalue weighted by Crippen LogP contribution is -2.19. The maximum atomic E-state index is 5.36. The molecule has 0 saturated heterocycles. The van der Waals surface area contributed by atoms with Gasteiger partial charge in [0.25, 0.3) is 0 Å². The van der Waals surface area contributed by atoms with E-state index >= 15 is 0 Å². The lowest BCUT2D eigenvalue weighted by Gasteiger charge is -2.13. The molecule has 2 aromatic carbocycles. The highest BCUT2D eigenvalue weighted by Crippen LogP contribution is 2.38.